The minimum absolute atomic E-state index is 0.0265. The summed E-state index contributed by atoms with van der Waals surface area (Å²) in [5, 5.41) is 15.2. The van der Waals surface area contributed by atoms with E-state index in [0.717, 1.165) is 48.1 Å². The van der Waals surface area contributed by atoms with Crippen LogP contribution >= 0.6 is 0 Å². The van der Waals surface area contributed by atoms with Crippen molar-refractivity contribution in [1.29, 1.82) is 5.26 Å². The molecule has 0 atom stereocenters. The number of aryl methyl sites for hydroxylation is 1. The minimum atomic E-state index is -4.71. The molecular formula is C32H30F3N7O3. The highest BCUT2D eigenvalue weighted by Gasteiger charge is 2.30. The van der Waals surface area contributed by atoms with Gasteiger partial charge < -0.3 is 19.8 Å². The number of halogens is 3. The maximum Gasteiger partial charge on any atom is 0.522 e. The van der Waals surface area contributed by atoms with Crippen molar-refractivity contribution in [2.24, 2.45) is 7.05 Å². The van der Waals surface area contributed by atoms with Crippen molar-refractivity contribution in [3.8, 4) is 28.6 Å². The topological polar surface area (TPSA) is 127 Å². The van der Waals surface area contributed by atoms with Gasteiger partial charge in [0.2, 0.25) is 0 Å². The summed E-state index contributed by atoms with van der Waals surface area (Å²) in [6.07, 6.45) is 3.97. The van der Waals surface area contributed by atoms with Crippen molar-refractivity contribution in [1.82, 2.24) is 24.4 Å². The SMILES string of the molecule is Cn1ccnc1-c1cc(C#N)ccc1-c1cc(NC(=O)c2cc(CNCCOC(F)(F)F)cn(C3CC3)c2=O)nc(C2CC2)c1. The third-order valence-electron chi connectivity index (χ3n) is 7.76. The number of nitrogens with zero attached hydrogens (tertiary/aromatic N) is 5. The van der Waals surface area contributed by atoms with Gasteiger partial charge in [-0.1, -0.05) is 6.07 Å². The van der Waals surface area contributed by atoms with Crippen LogP contribution in [0.1, 0.15) is 64.8 Å². The van der Waals surface area contributed by atoms with Gasteiger partial charge in [-0.2, -0.15) is 5.26 Å². The highest BCUT2D eigenvalue weighted by atomic mass is 19.4. The number of alkyl halides is 3. The molecule has 2 fully saturated rings. The molecule has 0 aliphatic heterocycles. The first-order valence-corrected chi connectivity index (χ1v) is 14.6. The van der Waals surface area contributed by atoms with E-state index in [1.807, 2.05) is 29.9 Å². The Balaban J connectivity index is 1.30. The van der Waals surface area contributed by atoms with Gasteiger partial charge in [0, 0.05) is 61.9 Å². The molecule has 0 unspecified atom stereocenters. The number of ether oxygens (including phenoxy) is 1. The molecule has 0 radical (unpaired) electrons. The van der Waals surface area contributed by atoms with E-state index in [9.17, 15) is 28.0 Å². The van der Waals surface area contributed by atoms with Gasteiger partial charge in [0.05, 0.1) is 18.2 Å². The van der Waals surface area contributed by atoms with Gasteiger partial charge in [0.25, 0.3) is 11.5 Å². The second-order valence-electron chi connectivity index (χ2n) is 11.3. The molecule has 2 aliphatic rings. The lowest BCUT2D eigenvalue weighted by atomic mass is 9.96. The standard InChI is InChI=1S/C32H30F3N7O3/c1-41-10-8-38-29(41)25-12-19(16-36)2-7-24(25)22-14-27(21-3-4-21)39-28(15-22)40-30(43)26-13-20(17-37-9-11-45-32(33,34)35)18-42(31(26)44)23-5-6-23/h2,7-8,10,12-15,18,21,23,37H,3-6,9,11,17H2,1H3,(H,39,40,43). The molecule has 13 heteroatoms. The number of carbonyl (C=O) groups excluding carboxylic acids is 1. The zero-order valence-electron chi connectivity index (χ0n) is 24.4. The Morgan fingerprint density at radius 3 is 2.60 bits per heavy atom. The van der Waals surface area contributed by atoms with E-state index < -0.39 is 24.4 Å². The summed E-state index contributed by atoms with van der Waals surface area (Å²) in [4.78, 5) is 36.2. The van der Waals surface area contributed by atoms with Gasteiger partial charge >= 0.3 is 6.36 Å². The van der Waals surface area contributed by atoms with Crippen LogP contribution in [0.25, 0.3) is 22.5 Å². The van der Waals surface area contributed by atoms with Gasteiger partial charge in [-0.05, 0) is 72.7 Å². The Hall–Kier alpha value is -4.80. The van der Waals surface area contributed by atoms with E-state index in [1.54, 1.807) is 30.6 Å². The minimum Gasteiger partial charge on any atom is -0.334 e. The predicted octanol–water partition coefficient (Wildman–Crippen LogP) is 5.27. The largest absolute Gasteiger partial charge is 0.522 e. The average Bonchev–Trinajstić information content (AvgIpc) is 3.94. The molecule has 6 rings (SSSR count). The number of pyridine rings is 2. The first-order chi connectivity index (χ1) is 21.6. The molecule has 0 saturated heterocycles. The predicted molar refractivity (Wildman–Crippen MR) is 159 cm³/mol. The van der Waals surface area contributed by atoms with Gasteiger partial charge in [-0.3, -0.25) is 14.3 Å². The fourth-order valence-electron chi connectivity index (χ4n) is 5.23. The van der Waals surface area contributed by atoms with Crippen LogP contribution in [-0.2, 0) is 18.3 Å². The highest BCUT2D eigenvalue weighted by Crippen LogP contribution is 2.42. The van der Waals surface area contributed by atoms with Crippen LogP contribution in [0.4, 0.5) is 19.0 Å². The Labute approximate surface area is 256 Å². The van der Waals surface area contributed by atoms with Crippen molar-refractivity contribution < 1.29 is 22.7 Å². The van der Waals surface area contributed by atoms with Gasteiger partial charge in [-0.15, -0.1) is 13.2 Å². The molecule has 232 valence electrons. The van der Waals surface area contributed by atoms with Gasteiger partial charge in [-0.25, -0.2) is 9.97 Å². The van der Waals surface area contributed by atoms with Crippen molar-refractivity contribution in [3.05, 3.63) is 87.7 Å². The molecular weight excluding hydrogens is 587 g/mol. The van der Waals surface area contributed by atoms with Gasteiger partial charge in [0.15, 0.2) is 0 Å². The zero-order valence-corrected chi connectivity index (χ0v) is 24.4. The Morgan fingerprint density at radius 1 is 1.13 bits per heavy atom. The summed E-state index contributed by atoms with van der Waals surface area (Å²) in [6.45, 7) is -0.492. The monoisotopic (exact) mass is 617 g/mol. The first-order valence-electron chi connectivity index (χ1n) is 14.6. The number of rotatable bonds is 11. The van der Waals surface area contributed by atoms with E-state index >= 15 is 0 Å². The maximum absolute atomic E-state index is 13.6. The van der Waals surface area contributed by atoms with E-state index in [-0.39, 0.29) is 36.4 Å². The summed E-state index contributed by atoms with van der Waals surface area (Å²) in [7, 11) is 1.87. The van der Waals surface area contributed by atoms with Crippen LogP contribution in [0.15, 0.2) is 59.8 Å². The Bertz CT molecular complexity index is 1850. The van der Waals surface area contributed by atoms with E-state index in [2.05, 4.69) is 26.4 Å². The first kappa shape index (κ1) is 30.2. The molecule has 1 amide bonds. The fraction of sp³-hybridized carbons (Fsp3) is 0.344. The third-order valence-corrected chi connectivity index (χ3v) is 7.76. The molecule has 45 heavy (non-hydrogen) atoms. The number of hydrogen-bond acceptors (Lipinski definition) is 7. The lowest BCUT2D eigenvalue weighted by Gasteiger charge is -2.15. The number of anilines is 1. The van der Waals surface area contributed by atoms with Crippen LogP contribution in [0.3, 0.4) is 0 Å². The number of nitriles is 1. The summed E-state index contributed by atoms with van der Waals surface area (Å²) in [5.74, 6) is 0.568. The van der Waals surface area contributed by atoms with Crippen LogP contribution in [0.5, 0.6) is 0 Å². The number of aromatic nitrogens is 4. The molecule has 2 N–H and O–H groups in total. The van der Waals surface area contributed by atoms with E-state index in [0.29, 0.717) is 17.0 Å². The Morgan fingerprint density at radius 2 is 1.93 bits per heavy atom. The fourth-order valence-corrected chi connectivity index (χ4v) is 5.23. The summed E-state index contributed by atoms with van der Waals surface area (Å²) >= 11 is 0. The smallest absolute Gasteiger partial charge is 0.334 e. The quantitative estimate of drug-likeness (QED) is 0.220. The van der Waals surface area contributed by atoms with Crippen LogP contribution in [-0.4, -0.2) is 44.5 Å². The third kappa shape index (κ3) is 7.13. The van der Waals surface area contributed by atoms with Crippen molar-refractivity contribution in [2.75, 3.05) is 18.5 Å². The van der Waals surface area contributed by atoms with E-state index in [1.165, 1.54) is 10.6 Å². The molecule has 0 bridgehead atoms. The van der Waals surface area contributed by atoms with Crippen LogP contribution < -0.4 is 16.2 Å². The number of benzene rings is 1. The highest BCUT2D eigenvalue weighted by molar-refractivity contribution is 6.04. The number of hydrogen-bond donors (Lipinski definition) is 2. The molecule has 2 aliphatic carbocycles. The lowest BCUT2D eigenvalue weighted by molar-refractivity contribution is -0.323. The molecule has 10 nitrogen and oxygen atoms in total. The normalized spacial score (nSPS) is 14.7. The molecule has 3 heterocycles. The molecule has 0 spiro atoms. The Kier molecular flexibility index (Phi) is 8.26. The van der Waals surface area contributed by atoms with Crippen LogP contribution in [0, 0.1) is 11.3 Å². The molecule has 1 aromatic carbocycles. The lowest BCUT2D eigenvalue weighted by Crippen LogP contribution is -2.30. The number of carbonyl (C=O) groups is 1. The number of imidazole rings is 1. The van der Waals surface area contributed by atoms with Crippen molar-refractivity contribution in [3.63, 3.8) is 0 Å². The van der Waals surface area contributed by atoms with Crippen LogP contribution in [0.2, 0.25) is 0 Å². The average molecular weight is 618 g/mol. The summed E-state index contributed by atoms with van der Waals surface area (Å²) < 4.78 is 44.1. The van der Waals surface area contributed by atoms with Gasteiger partial charge in [0.1, 0.15) is 17.2 Å². The second kappa shape index (κ2) is 12.3. The number of nitrogens with one attached hydrogen (secondary N) is 2. The summed E-state index contributed by atoms with van der Waals surface area (Å²) in [5.41, 5.74) is 3.68. The van der Waals surface area contributed by atoms with E-state index in [4.69, 9.17) is 4.98 Å². The number of amides is 1. The van der Waals surface area contributed by atoms with Crippen molar-refractivity contribution in [2.45, 2.75) is 50.6 Å². The van der Waals surface area contributed by atoms with Crippen molar-refractivity contribution >= 4 is 11.7 Å². The second-order valence-corrected chi connectivity index (χ2v) is 11.3. The maximum atomic E-state index is 13.6. The summed E-state index contributed by atoms with van der Waals surface area (Å²) in [6, 6.07) is 12.7. The zero-order chi connectivity index (χ0) is 31.7. The molecule has 2 saturated carbocycles. The molecule has 4 aromatic rings. The molecule has 3 aromatic heterocycles.